The number of ether oxygens (including phenoxy) is 2. The maximum Gasteiger partial charge on any atom is 0.240 e. The van der Waals surface area contributed by atoms with Crippen LogP contribution in [0.4, 0.5) is 0 Å². The molecule has 1 aliphatic rings. The summed E-state index contributed by atoms with van der Waals surface area (Å²) >= 11 is 0. The average molecular weight is 274 g/mol. The quantitative estimate of drug-likeness (QED) is 0.906. The van der Waals surface area contributed by atoms with Gasteiger partial charge >= 0.3 is 0 Å². The van der Waals surface area contributed by atoms with Gasteiger partial charge in [0.05, 0.1) is 13.2 Å². The molecule has 2 rings (SSSR count). The number of nitrogens with one attached hydrogen (secondary N) is 1. The highest BCUT2D eigenvalue weighted by molar-refractivity contribution is 5.85. The minimum atomic E-state index is -0.958. The summed E-state index contributed by atoms with van der Waals surface area (Å²) in [5.41, 5.74) is -0.0659. The first-order chi connectivity index (χ1) is 9.72. The number of carbonyl (C=O) groups is 1. The molecule has 0 spiro atoms. The van der Waals surface area contributed by atoms with Crippen molar-refractivity contribution in [2.24, 2.45) is 5.41 Å². The van der Waals surface area contributed by atoms with Gasteiger partial charge in [-0.2, -0.15) is 5.26 Å². The Morgan fingerprint density at radius 3 is 2.80 bits per heavy atom. The summed E-state index contributed by atoms with van der Waals surface area (Å²) in [4.78, 5) is 12.3. The second-order valence-electron chi connectivity index (χ2n) is 4.80. The SMILES string of the molecule is COc1ccccc1CNC(=O)C1(C#N)CCOCC1. The molecule has 1 heterocycles. The van der Waals surface area contributed by atoms with Crippen LogP contribution in [0.2, 0.25) is 0 Å². The Bertz CT molecular complexity index is 516. The molecule has 20 heavy (non-hydrogen) atoms. The second-order valence-corrected chi connectivity index (χ2v) is 4.80. The lowest BCUT2D eigenvalue weighted by Crippen LogP contribution is -2.43. The van der Waals surface area contributed by atoms with Gasteiger partial charge in [-0.25, -0.2) is 0 Å². The van der Waals surface area contributed by atoms with Crippen LogP contribution in [0.25, 0.3) is 0 Å². The number of carbonyl (C=O) groups excluding carboxylic acids is 1. The Morgan fingerprint density at radius 1 is 1.45 bits per heavy atom. The van der Waals surface area contributed by atoms with Crippen LogP contribution < -0.4 is 10.1 Å². The summed E-state index contributed by atoms with van der Waals surface area (Å²) in [6.07, 6.45) is 0.891. The zero-order valence-corrected chi connectivity index (χ0v) is 11.5. The van der Waals surface area contributed by atoms with Crippen LogP contribution in [0.3, 0.4) is 0 Å². The minimum absolute atomic E-state index is 0.228. The van der Waals surface area contributed by atoms with E-state index < -0.39 is 5.41 Å². The van der Waals surface area contributed by atoms with Gasteiger partial charge in [-0.15, -0.1) is 0 Å². The van der Waals surface area contributed by atoms with E-state index in [1.54, 1.807) is 7.11 Å². The van der Waals surface area contributed by atoms with Gasteiger partial charge in [0, 0.05) is 25.3 Å². The van der Waals surface area contributed by atoms with E-state index in [9.17, 15) is 10.1 Å². The van der Waals surface area contributed by atoms with Crippen molar-refractivity contribution in [2.75, 3.05) is 20.3 Å². The number of para-hydroxylation sites is 1. The number of nitrogens with zero attached hydrogens (tertiary/aromatic N) is 1. The van der Waals surface area contributed by atoms with Crippen LogP contribution >= 0.6 is 0 Å². The number of hydrogen-bond acceptors (Lipinski definition) is 4. The first-order valence-corrected chi connectivity index (χ1v) is 6.61. The molecule has 0 radical (unpaired) electrons. The van der Waals surface area contributed by atoms with E-state index in [0.717, 1.165) is 11.3 Å². The molecule has 0 bridgehead atoms. The largest absolute Gasteiger partial charge is 0.496 e. The molecule has 1 N–H and O–H groups in total. The van der Waals surface area contributed by atoms with E-state index in [-0.39, 0.29) is 5.91 Å². The number of hydrogen-bond donors (Lipinski definition) is 1. The van der Waals surface area contributed by atoms with Crippen LogP contribution in [0.5, 0.6) is 5.75 Å². The van der Waals surface area contributed by atoms with Gasteiger partial charge in [0.1, 0.15) is 11.2 Å². The van der Waals surface area contributed by atoms with Gasteiger partial charge in [0.2, 0.25) is 5.91 Å². The third-order valence-electron chi connectivity index (χ3n) is 3.63. The van der Waals surface area contributed by atoms with Gasteiger partial charge in [0.25, 0.3) is 0 Å². The summed E-state index contributed by atoms with van der Waals surface area (Å²) < 4.78 is 10.5. The minimum Gasteiger partial charge on any atom is -0.496 e. The summed E-state index contributed by atoms with van der Waals surface area (Å²) in [6.45, 7) is 1.26. The molecular weight excluding hydrogens is 256 g/mol. The molecular formula is C15H18N2O3. The molecule has 5 heteroatoms. The average Bonchev–Trinajstić information content (AvgIpc) is 2.53. The zero-order valence-electron chi connectivity index (χ0n) is 11.5. The molecule has 0 aliphatic carbocycles. The molecule has 106 valence electrons. The summed E-state index contributed by atoms with van der Waals surface area (Å²) in [6, 6.07) is 9.65. The fourth-order valence-electron chi connectivity index (χ4n) is 2.30. The van der Waals surface area contributed by atoms with Crippen molar-refractivity contribution in [3.63, 3.8) is 0 Å². The lowest BCUT2D eigenvalue weighted by Gasteiger charge is -2.29. The van der Waals surface area contributed by atoms with Crippen LogP contribution in [-0.2, 0) is 16.1 Å². The van der Waals surface area contributed by atoms with Gasteiger partial charge in [-0.3, -0.25) is 4.79 Å². The van der Waals surface area contributed by atoms with Gasteiger partial charge in [-0.05, 0) is 18.9 Å². The summed E-state index contributed by atoms with van der Waals surface area (Å²) in [7, 11) is 1.59. The highest BCUT2D eigenvalue weighted by Gasteiger charge is 2.40. The molecule has 1 amide bonds. The van der Waals surface area contributed by atoms with E-state index in [2.05, 4.69) is 11.4 Å². The number of nitriles is 1. The topological polar surface area (TPSA) is 71.3 Å². The maximum absolute atomic E-state index is 12.3. The second kappa shape index (κ2) is 6.40. The Morgan fingerprint density at radius 2 is 2.15 bits per heavy atom. The lowest BCUT2D eigenvalue weighted by molar-refractivity contribution is -0.132. The first-order valence-electron chi connectivity index (χ1n) is 6.61. The molecule has 1 saturated heterocycles. The first kappa shape index (κ1) is 14.4. The fourth-order valence-corrected chi connectivity index (χ4v) is 2.30. The molecule has 0 saturated carbocycles. The summed E-state index contributed by atoms with van der Waals surface area (Å²) in [5, 5.41) is 12.2. The molecule has 1 aromatic carbocycles. The lowest BCUT2D eigenvalue weighted by atomic mass is 9.81. The third kappa shape index (κ3) is 2.91. The third-order valence-corrected chi connectivity index (χ3v) is 3.63. The summed E-state index contributed by atoms with van der Waals surface area (Å²) in [5.74, 6) is 0.500. The van der Waals surface area contributed by atoms with E-state index in [1.165, 1.54) is 0 Å². The van der Waals surface area contributed by atoms with E-state index in [1.807, 2.05) is 24.3 Å². The highest BCUT2D eigenvalue weighted by atomic mass is 16.5. The predicted molar refractivity (Wildman–Crippen MR) is 72.9 cm³/mol. The van der Waals surface area contributed by atoms with Crippen LogP contribution in [-0.4, -0.2) is 26.2 Å². The normalized spacial score (nSPS) is 17.0. The number of methoxy groups -OCH3 is 1. The van der Waals surface area contributed by atoms with Crippen LogP contribution in [0.15, 0.2) is 24.3 Å². The highest BCUT2D eigenvalue weighted by Crippen LogP contribution is 2.30. The molecule has 1 aromatic rings. The zero-order chi connectivity index (χ0) is 14.4. The fraction of sp³-hybridized carbons (Fsp3) is 0.467. The monoisotopic (exact) mass is 274 g/mol. The van der Waals surface area contributed by atoms with E-state index in [4.69, 9.17) is 9.47 Å². The van der Waals surface area contributed by atoms with Crippen molar-refractivity contribution >= 4 is 5.91 Å². The predicted octanol–water partition coefficient (Wildman–Crippen LogP) is 1.63. The van der Waals surface area contributed by atoms with Crippen LogP contribution in [0.1, 0.15) is 18.4 Å². The van der Waals surface area contributed by atoms with Crippen molar-refractivity contribution < 1.29 is 14.3 Å². The Kier molecular flexibility index (Phi) is 4.59. The number of rotatable bonds is 4. The van der Waals surface area contributed by atoms with Crippen LogP contribution in [0, 0.1) is 16.7 Å². The molecule has 0 unspecified atom stereocenters. The van der Waals surface area contributed by atoms with Crippen molar-refractivity contribution in [3.05, 3.63) is 29.8 Å². The van der Waals surface area contributed by atoms with Crippen molar-refractivity contribution in [1.29, 1.82) is 5.26 Å². The van der Waals surface area contributed by atoms with Crippen molar-refractivity contribution in [3.8, 4) is 11.8 Å². The Labute approximate surface area is 118 Å². The maximum atomic E-state index is 12.3. The Balaban J connectivity index is 2.03. The number of amides is 1. The standard InChI is InChI=1S/C15H18N2O3/c1-19-13-5-3-2-4-12(13)10-17-14(18)15(11-16)6-8-20-9-7-15/h2-5H,6-10H2,1H3,(H,17,18). The van der Waals surface area contributed by atoms with Crippen molar-refractivity contribution in [1.82, 2.24) is 5.32 Å². The van der Waals surface area contributed by atoms with Gasteiger partial charge in [0.15, 0.2) is 0 Å². The van der Waals surface area contributed by atoms with E-state index >= 15 is 0 Å². The molecule has 1 aliphatic heterocycles. The molecule has 0 aromatic heterocycles. The molecule has 5 nitrogen and oxygen atoms in total. The smallest absolute Gasteiger partial charge is 0.240 e. The molecule has 0 atom stereocenters. The Hall–Kier alpha value is -2.06. The van der Waals surface area contributed by atoms with E-state index in [0.29, 0.717) is 32.6 Å². The molecule has 1 fully saturated rings. The van der Waals surface area contributed by atoms with Crippen molar-refractivity contribution in [2.45, 2.75) is 19.4 Å². The number of benzene rings is 1. The van der Waals surface area contributed by atoms with Gasteiger partial charge in [-0.1, -0.05) is 18.2 Å². The van der Waals surface area contributed by atoms with Gasteiger partial charge < -0.3 is 14.8 Å².